The lowest BCUT2D eigenvalue weighted by Crippen LogP contribution is -2.39. The predicted octanol–water partition coefficient (Wildman–Crippen LogP) is 2.87. The van der Waals surface area contributed by atoms with Gasteiger partial charge in [-0.2, -0.15) is 0 Å². The summed E-state index contributed by atoms with van der Waals surface area (Å²) in [6.07, 6.45) is 3.22. The average molecular weight is 552 g/mol. The Labute approximate surface area is 227 Å². The third kappa shape index (κ3) is 6.15. The highest BCUT2D eigenvalue weighted by Crippen LogP contribution is 2.30. The van der Waals surface area contributed by atoms with Gasteiger partial charge in [0.2, 0.25) is 5.88 Å². The van der Waals surface area contributed by atoms with E-state index in [1.165, 1.54) is 31.3 Å². The van der Waals surface area contributed by atoms with Crippen molar-refractivity contribution in [1.82, 2.24) is 30.3 Å². The normalized spacial score (nSPS) is 12.2. The summed E-state index contributed by atoms with van der Waals surface area (Å²) in [7, 11) is 2.96. The number of primary amides is 1. The van der Waals surface area contributed by atoms with Crippen LogP contribution in [-0.4, -0.2) is 62.3 Å². The highest BCUT2D eigenvalue weighted by Gasteiger charge is 2.25. The third-order valence-corrected chi connectivity index (χ3v) is 5.82. The maximum Gasteiger partial charge on any atom is 0.404 e. The Morgan fingerprint density at radius 2 is 1.88 bits per heavy atom. The van der Waals surface area contributed by atoms with Crippen molar-refractivity contribution in [2.45, 2.75) is 19.0 Å². The Kier molecular flexibility index (Phi) is 8.22. The van der Waals surface area contributed by atoms with Gasteiger partial charge in [0.1, 0.15) is 17.3 Å². The van der Waals surface area contributed by atoms with Gasteiger partial charge >= 0.3 is 6.09 Å². The molecule has 0 bridgehead atoms. The van der Waals surface area contributed by atoms with Crippen LogP contribution in [0.5, 0.6) is 11.6 Å². The number of carboxylic acid groups (broad SMARTS) is 1. The first kappa shape index (κ1) is 27.6. The standard InChI is InChI=1S/C25H26FN9O5/c1-13(30-25(37)38)20(14-4-6-16(39-2)7-5-14)32-23-18(26)11-17(21(27)36)22(33-23)31-15-10-19(24(40-3)28-12-15)35-9-8-29-34-35/h4-13,20,30H,1-3H3,(H2,27,36)(H,37,38)(H2,31,32,33)/t13-,20-/m0/s1. The van der Waals surface area contributed by atoms with Gasteiger partial charge in [0.25, 0.3) is 5.91 Å². The summed E-state index contributed by atoms with van der Waals surface area (Å²) in [6.45, 7) is 1.61. The number of rotatable bonds is 11. The minimum atomic E-state index is -1.26. The number of pyridine rings is 2. The highest BCUT2D eigenvalue weighted by atomic mass is 19.1. The maximum absolute atomic E-state index is 15.2. The molecular formula is C25H26FN9O5. The topological polar surface area (TPSA) is 191 Å². The fourth-order valence-corrected chi connectivity index (χ4v) is 3.91. The number of benzene rings is 1. The molecule has 0 radical (unpaired) electrons. The van der Waals surface area contributed by atoms with Gasteiger partial charge in [-0.25, -0.2) is 23.8 Å². The number of hydrogen-bond donors (Lipinski definition) is 5. The SMILES string of the molecule is COc1ccc([C@@H](Nc2nc(Nc3cnc(OC)c(-n4ccnn4)c3)c(C(N)=O)cc2F)[C@H](C)NC(=O)O)cc1. The van der Waals surface area contributed by atoms with E-state index >= 15 is 4.39 Å². The minimum absolute atomic E-state index is 0.0692. The van der Waals surface area contributed by atoms with Gasteiger partial charge in [0.15, 0.2) is 11.6 Å². The molecule has 6 N–H and O–H groups in total. The molecule has 0 fully saturated rings. The Hall–Kier alpha value is -5.47. The number of nitrogens with one attached hydrogen (secondary N) is 3. The molecule has 15 heteroatoms. The number of methoxy groups -OCH3 is 2. The van der Waals surface area contributed by atoms with Crippen LogP contribution in [0.4, 0.5) is 26.5 Å². The molecule has 14 nitrogen and oxygen atoms in total. The van der Waals surface area contributed by atoms with Gasteiger partial charge in [-0.1, -0.05) is 17.3 Å². The first-order chi connectivity index (χ1) is 19.2. The third-order valence-electron chi connectivity index (χ3n) is 5.82. The van der Waals surface area contributed by atoms with Crippen molar-refractivity contribution in [3.8, 4) is 17.3 Å². The zero-order valence-corrected chi connectivity index (χ0v) is 21.6. The Morgan fingerprint density at radius 3 is 2.48 bits per heavy atom. The summed E-state index contributed by atoms with van der Waals surface area (Å²) in [5, 5.41) is 25.3. The van der Waals surface area contributed by atoms with Crippen LogP contribution in [0.25, 0.3) is 5.69 Å². The van der Waals surface area contributed by atoms with Crippen LogP contribution in [0, 0.1) is 5.82 Å². The van der Waals surface area contributed by atoms with Crippen LogP contribution in [0.1, 0.15) is 28.9 Å². The molecule has 4 aromatic rings. The van der Waals surface area contributed by atoms with E-state index < -0.39 is 29.9 Å². The van der Waals surface area contributed by atoms with E-state index in [1.54, 1.807) is 43.5 Å². The molecule has 4 rings (SSSR count). The largest absolute Gasteiger partial charge is 0.497 e. The lowest BCUT2D eigenvalue weighted by Gasteiger charge is -2.27. The molecule has 3 heterocycles. The first-order valence-electron chi connectivity index (χ1n) is 11.8. The number of nitrogens with two attached hydrogens (primary N) is 1. The van der Waals surface area contributed by atoms with E-state index in [-0.39, 0.29) is 23.1 Å². The Bertz CT molecular complexity index is 1500. The predicted molar refractivity (Wildman–Crippen MR) is 142 cm³/mol. The van der Waals surface area contributed by atoms with Crippen LogP contribution in [0.2, 0.25) is 0 Å². The lowest BCUT2D eigenvalue weighted by atomic mass is 10.00. The molecule has 0 aliphatic rings. The maximum atomic E-state index is 15.2. The van der Waals surface area contributed by atoms with E-state index in [2.05, 4.69) is 36.2 Å². The van der Waals surface area contributed by atoms with E-state index in [4.69, 9.17) is 15.2 Å². The smallest absolute Gasteiger partial charge is 0.404 e. The number of amides is 2. The number of halogens is 1. The summed E-state index contributed by atoms with van der Waals surface area (Å²) < 4.78 is 27.1. The van der Waals surface area contributed by atoms with Crippen molar-refractivity contribution < 1.29 is 28.6 Å². The van der Waals surface area contributed by atoms with Crippen molar-refractivity contribution >= 4 is 29.3 Å². The second-order valence-electron chi connectivity index (χ2n) is 8.44. The van der Waals surface area contributed by atoms with Crippen LogP contribution >= 0.6 is 0 Å². The molecule has 0 unspecified atom stereocenters. The number of carbonyl (C=O) groups is 2. The van der Waals surface area contributed by atoms with E-state index in [0.29, 0.717) is 22.7 Å². The molecule has 208 valence electrons. The fourth-order valence-electron chi connectivity index (χ4n) is 3.91. The first-order valence-corrected chi connectivity index (χ1v) is 11.8. The summed E-state index contributed by atoms with van der Waals surface area (Å²) in [4.78, 5) is 32.1. The number of aromatic nitrogens is 5. The molecule has 2 amide bonds. The number of anilines is 3. The average Bonchev–Trinajstić information content (AvgIpc) is 3.47. The molecule has 0 spiro atoms. The van der Waals surface area contributed by atoms with Crippen LogP contribution in [0.3, 0.4) is 0 Å². The number of carbonyl (C=O) groups excluding carboxylic acids is 1. The number of ether oxygens (including phenoxy) is 2. The molecule has 0 saturated heterocycles. The molecule has 0 aliphatic carbocycles. The van der Waals surface area contributed by atoms with Crippen LogP contribution < -0.4 is 31.2 Å². The monoisotopic (exact) mass is 551 g/mol. The summed E-state index contributed by atoms with van der Waals surface area (Å²) >= 11 is 0. The molecule has 3 aromatic heterocycles. The summed E-state index contributed by atoms with van der Waals surface area (Å²) in [5.74, 6) is -1.29. The molecule has 0 aliphatic heterocycles. The summed E-state index contributed by atoms with van der Waals surface area (Å²) in [5.41, 5.74) is 6.69. The van der Waals surface area contributed by atoms with Crippen molar-refractivity contribution in [2.24, 2.45) is 5.73 Å². The van der Waals surface area contributed by atoms with Crippen LogP contribution in [0.15, 0.2) is 55.0 Å². The molecule has 0 saturated carbocycles. The van der Waals surface area contributed by atoms with Crippen LogP contribution in [-0.2, 0) is 0 Å². The van der Waals surface area contributed by atoms with Crippen molar-refractivity contribution in [3.05, 3.63) is 71.9 Å². The summed E-state index contributed by atoms with van der Waals surface area (Å²) in [6, 6.07) is 7.85. The Balaban J connectivity index is 1.73. The van der Waals surface area contributed by atoms with Gasteiger partial charge in [-0.3, -0.25) is 4.79 Å². The lowest BCUT2D eigenvalue weighted by molar-refractivity contribution is 0.1000. The number of nitrogens with zero attached hydrogens (tertiary/aromatic N) is 5. The molecule has 40 heavy (non-hydrogen) atoms. The van der Waals surface area contributed by atoms with E-state index in [9.17, 15) is 14.7 Å². The van der Waals surface area contributed by atoms with E-state index in [0.717, 1.165) is 6.07 Å². The van der Waals surface area contributed by atoms with Crippen molar-refractivity contribution in [2.75, 3.05) is 24.9 Å². The van der Waals surface area contributed by atoms with Gasteiger partial charge in [-0.15, -0.1) is 5.10 Å². The fraction of sp³-hybridized carbons (Fsp3) is 0.200. The van der Waals surface area contributed by atoms with Gasteiger partial charge in [-0.05, 0) is 36.8 Å². The number of hydrogen-bond acceptors (Lipinski definition) is 10. The molecular weight excluding hydrogens is 525 g/mol. The zero-order chi connectivity index (χ0) is 28.8. The quantitative estimate of drug-likeness (QED) is 0.184. The van der Waals surface area contributed by atoms with Gasteiger partial charge in [0.05, 0.1) is 56.1 Å². The van der Waals surface area contributed by atoms with E-state index in [1.807, 2.05) is 0 Å². The van der Waals surface area contributed by atoms with Crippen molar-refractivity contribution in [3.63, 3.8) is 0 Å². The second-order valence-corrected chi connectivity index (χ2v) is 8.44. The minimum Gasteiger partial charge on any atom is -0.497 e. The molecule has 1 aromatic carbocycles. The van der Waals surface area contributed by atoms with Gasteiger partial charge in [0, 0.05) is 0 Å². The zero-order valence-electron chi connectivity index (χ0n) is 21.6. The van der Waals surface area contributed by atoms with Crippen molar-refractivity contribution in [1.29, 1.82) is 0 Å². The molecule has 2 atom stereocenters. The Morgan fingerprint density at radius 1 is 1.12 bits per heavy atom. The highest BCUT2D eigenvalue weighted by molar-refractivity contribution is 5.98. The van der Waals surface area contributed by atoms with Gasteiger partial charge < -0.3 is 36.3 Å². The second kappa shape index (κ2) is 11.9.